The molecular weight excluding hydrogens is 194 g/mol. The average molecular weight is 219 g/mol. The SMILES string of the molecule is CCCC(C)NC(C)c1cc(C)ccc1C. The molecule has 0 aliphatic heterocycles. The van der Waals surface area contributed by atoms with Crippen molar-refractivity contribution in [2.75, 3.05) is 0 Å². The highest BCUT2D eigenvalue weighted by atomic mass is 14.9. The molecule has 0 bridgehead atoms. The minimum Gasteiger partial charge on any atom is -0.308 e. The Kier molecular flexibility index (Phi) is 5.01. The fraction of sp³-hybridized carbons (Fsp3) is 0.600. The van der Waals surface area contributed by atoms with Gasteiger partial charge in [-0.15, -0.1) is 0 Å². The molecule has 2 unspecified atom stereocenters. The van der Waals surface area contributed by atoms with Crippen LogP contribution in [0.2, 0.25) is 0 Å². The molecule has 1 nitrogen and oxygen atoms in total. The minimum atomic E-state index is 0.446. The summed E-state index contributed by atoms with van der Waals surface area (Å²) < 4.78 is 0. The molecule has 0 aromatic heterocycles. The van der Waals surface area contributed by atoms with Gasteiger partial charge in [-0.05, 0) is 45.2 Å². The molecule has 0 aliphatic rings. The van der Waals surface area contributed by atoms with Gasteiger partial charge in [0.1, 0.15) is 0 Å². The fourth-order valence-electron chi connectivity index (χ4n) is 2.26. The third-order valence-electron chi connectivity index (χ3n) is 3.16. The lowest BCUT2D eigenvalue weighted by Gasteiger charge is -2.22. The lowest BCUT2D eigenvalue weighted by molar-refractivity contribution is 0.451. The molecule has 0 amide bonds. The van der Waals surface area contributed by atoms with E-state index in [1.165, 1.54) is 29.5 Å². The van der Waals surface area contributed by atoms with Gasteiger partial charge in [-0.25, -0.2) is 0 Å². The van der Waals surface area contributed by atoms with Gasteiger partial charge in [-0.3, -0.25) is 0 Å². The highest BCUT2D eigenvalue weighted by Gasteiger charge is 2.10. The molecule has 0 radical (unpaired) electrons. The Morgan fingerprint density at radius 2 is 1.88 bits per heavy atom. The van der Waals surface area contributed by atoms with E-state index in [1.54, 1.807) is 0 Å². The maximum Gasteiger partial charge on any atom is 0.0296 e. The summed E-state index contributed by atoms with van der Waals surface area (Å²) in [6.45, 7) is 11.1. The van der Waals surface area contributed by atoms with Gasteiger partial charge in [-0.2, -0.15) is 0 Å². The van der Waals surface area contributed by atoms with Gasteiger partial charge >= 0.3 is 0 Å². The van der Waals surface area contributed by atoms with E-state index in [2.05, 4.69) is 58.1 Å². The summed E-state index contributed by atoms with van der Waals surface area (Å²) in [4.78, 5) is 0. The van der Waals surface area contributed by atoms with Gasteiger partial charge in [-0.1, -0.05) is 37.1 Å². The zero-order valence-electron chi connectivity index (χ0n) is 11.3. The number of hydrogen-bond acceptors (Lipinski definition) is 1. The molecule has 0 saturated carbocycles. The zero-order valence-corrected chi connectivity index (χ0v) is 11.3. The van der Waals surface area contributed by atoms with Gasteiger partial charge in [0.05, 0.1) is 0 Å². The van der Waals surface area contributed by atoms with Crippen molar-refractivity contribution in [2.24, 2.45) is 0 Å². The lowest BCUT2D eigenvalue weighted by Crippen LogP contribution is -2.29. The Morgan fingerprint density at radius 3 is 2.50 bits per heavy atom. The van der Waals surface area contributed by atoms with E-state index in [-0.39, 0.29) is 0 Å². The first-order valence-electron chi connectivity index (χ1n) is 6.37. The summed E-state index contributed by atoms with van der Waals surface area (Å²) in [7, 11) is 0. The molecule has 0 heterocycles. The molecular formula is C15H25N. The Hall–Kier alpha value is -0.820. The van der Waals surface area contributed by atoms with E-state index in [0.29, 0.717) is 12.1 Å². The largest absolute Gasteiger partial charge is 0.308 e. The van der Waals surface area contributed by atoms with E-state index >= 15 is 0 Å². The van der Waals surface area contributed by atoms with Crippen LogP contribution in [0.15, 0.2) is 18.2 Å². The second-order valence-corrected chi connectivity index (χ2v) is 4.94. The van der Waals surface area contributed by atoms with Crippen molar-refractivity contribution in [3.05, 3.63) is 34.9 Å². The third kappa shape index (κ3) is 3.64. The molecule has 2 atom stereocenters. The standard InChI is InChI=1S/C15H25N/c1-6-7-13(4)16-14(5)15-10-11(2)8-9-12(15)3/h8-10,13-14,16H,6-7H2,1-5H3. The predicted octanol–water partition coefficient (Wildman–Crippen LogP) is 4.14. The van der Waals surface area contributed by atoms with E-state index in [0.717, 1.165) is 0 Å². The number of rotatable bonds is 5. The van der Waals surface area contributed by atoms with Crippen LogP contribution in [-0.2, 0) is 0 Å². The van der Waals surface area contributed by atoms with Crippen LogP contribution >= 0.6 is 0 Å². The molecule has 90 valence electrons. The van der Waals surface area contributed by atoms with Crippen molar-refractivity contribution in [1.82, 2.24) is 5.32 Å². The summed E-state index contributed by atoms with van der Waals surface area (Å²) in [5, 5.41) is 3.67. The molecule has 16 heavy (non-hydrogen) atoms. The highest BCUT2D eigenvalue weighted by molar-refractivity contribution is 5.32. The first-order chi connectivity index (χ1) is 7.54. The lowest BCUT2D eigenvalue weighted by atomic mass is 9.99. The Labute approximate surface area is 100 Å². The summed E-state index contributed by atoms with van der Waals surface area (Å²) in [5.74, 6) is 0. The summed E-state index contributed by atoms with van der Waals surface area (Å²) in [6.07, 6.45) is 2.49. The monoisotopic (exact) mass is 219 g/mol. The smallest absolute Gasteiger partial charge is 0.0296 e. The van der Waals surface area contributed by atoms with Crippen molar-refractivity contribution in [3.63, 3.8) is 0 Å². The third-order valence-corrected chi connectivity index (χ3v) is 3.16. The topological polar surface area (TPSA) is 12.0 Å². The van der Waals surface area contributed by atoms with Crippen molar-refractivity contribution < 1.29 is 0 Å². The first-order valence-corrected chi connectivity index (χ1v) is 6.37. The first kappa shape index (κ1) is 13.2. The minimum absolute atomic E-state index is 0.446. The van der Waals surface area contributed by atoms with Crippen LogP contribution in [0.1, 0.15) is 56.3 Å². The number of hydrogen-bond donors (Lipinski definition) is 1. The Morgan fingerprint density at radius 1 is 1.19 bits per heavy atom. The van der Waals surface area contributed by atoms with E-state index in [9.17, 15) is 0 Å². The Bertz CT molecular complexity index is 330. The molecule has 1 aromatic rings. The van der Waals surface area contributed by atoms with Crippen molar-refractivity contribution in [2.45, 2.75) is 59.5 Å². The van der Waals surface area contributed by atoms with Crippen LogP contribution in [0.3, 0.4) is 0 Å². The number of nitrogens with one attached hydrogen (secondary N) is 1. The van der Waals surface area contributed by atoms with Crippen LogP contribution in [-0.4, -0.2) is 6.04 Å². The maximum absolute atomic E-state index is 3.67. The second kappa shape index (κ2) is 6.05. The van der Waals surface area contributed by atoms with Crippen LogP contribution in [0.25, 0.3) is 0 Å². The maximum atomic E-state index is 3.67. The molecule has 0 spiro atoms. The molecule has 1 rings (SSSR count). The highest BCUT2D eigenvalue weighted by Crippen LogP contribution is 2.19. The molecule has 1 heteroatoms. The van der Waals surface area contributed by atoms with Crippen LogP contribution in [0.4, 0.5) is 0 Å². The number of benzene rings is 1. The van der Waals surface area contributed by atoms with Crippen LogP contribution < -0.4 is 5.32 Å². The summed E-state index contributed by atoms with van der Waals surface area (Å²) >= 11 is 0. The van der Waals surface area contributed by atoms with Crippen molar-refractivity contribution in [1.29, 1.82) is 0 Å². The van der Waals surface area contributed by atoms with E-state index < -0.39 is 0 Å². The molecule has 0 fully saturated rings. The van der Waals surface area contributed by atoms with Gasteiger partial charge < -0.3 is 5.32 Å². The van der Waals surface area contributed by atoms with Crippen molar-refractivity contribution >= 4 is 0 Å². The zero-order chi connectivity index (χ0) is 12.1. The summed E-state index contributed by atoms with van der Waals surface area (Å²) in [6, 6.07) is 7.74. The van der Waals surface area contributed by atoms with Crippen LogP contribution in [0.5, 0.6) is 0 Å². The van der Waals surface area contributed by atoms with E-state index in [1.807, 2.05) is 0 Å². The predicted molar refractivity (Wildman–Crippen MR) is 71.8 cm³/mol. The van der Waals surface area contributed by atoms with Gasteiger partial charge in [0.25, 0.3) is 0 Å². The average Bonchev–Trinajstić information content (AvgIpc) is 2.21. The fourth-order valence-corrected chi connectivity index (χ4v) is 2.26. The van der Waals surface area contributed by atoms with Gasteiger partial charge in [0.15, 0.2) is 0 Å². The molecule has 1 N–H and O–H groups in total. The van der Waals surface area contributed by atoms with Crippen molar-refractivity contribution in [3.8, 4) is 0 Å². The number of aryl methyl sites for hydroxylation is 2. The normalized spacial score (nSPS) is 14.8. The van der Waals surface area contributed by atoms with Crippen LogP contribution in [0, 0.1) is 13.8 Å². The molecule has 0 aliphatic carbocycles. The Balaban J connectivity index is 2.72. The second-order valence-electron chi connectivity index (χ2n) is 4.94. The molecule has 1 aromatic carbocycles. The van der Waals surface area contributed by atoms with Gasteiger partial charge in [0, 0.05) is 12.1 Å². The van der Waals surface area contributed by atoms with E-state index in [4.69, 9.17) is 0 Å². The summed E-state index contributed by atoms with van der Waals surface area (Å²) in [5.41, 5.74) is 4.16. The van der Waals surface area contributed by atoms with Gasteiger partial charge in [0.2, 0.25) is 0 Å². The quantitative estimate of drug-likeness (QED) is 0.784. The molecule has 0 saturated heterocycles.